The molecule has 0 heterocycles. The molecule has 0 bridgehead atoms. The van der Waals surface area contributed by atoms with Crippen molar-refractivity contribution in [2.45, 2.75) is 5.62 Å². The Morgan fingerprint density at radius 2 is 1.17 bits per heavy atom. The van der Waals surface area contributed by atoms with Crippen LogP contribution in [0.5, 0.6) is 0 Å². The van der Waals surface area contributed by atoms with Gasteiger partial charge in [-0.3, -0.25) is 11.5 Å². The lowest BCUT2D eigenvalue weighted by Gasteiger charge is -1.71. The number of hydrogen-bond donors (Lipinski definition) is 2. The number of halogens is 3. The van der Waals surface area contributed by atoms with E-state index in [1.165, 1.54) is 0 Å². The van der Waals surface area contributed by atoms with E-state index >= 15 is 0 Å². The van der Waals surface area contributed by atoms with Crippen molar-refractivity contribution in [3.05, 3.63) is 0 Å². The molecule has 0 aliphatic heterocycles. The van der Waals surface area contributed by atoms with E-state index in [2.05, 4.69) is 11.5 Å². The SMILES string of the molecule is [Cl-].[Cl-].[NH3+]C([NH3+])Cl. The van der Waals surface area contributed by atoms with Crippen molar-refractivity contribution in [3.63, 3.8) is 0 Å². The van der Waals surface area contributed by atoms with Crippen LogP contribution in [-0.4, -0.2) is 5.62 Å². The fourth-order valence-electron chi connectivity index (χ4n) is 0. The van der Waals surface area contributed by atoms with Crippen LogP contribution in [0.1, 0.15) is 0 Å². The van der Waals surface area contributed by atoms with Gasteiger partial charge in [-0.25, -0.2) is 0 Å². The molecule has 2 nitrogen and oxygen atoms in total. The van der Waals surface area contributed by atoms with Crippen LogP contribution >= 0.6 is 11.6 Å². The molecule has 0 saturated heterocycles. The Bertz CT molecular complexity index is 13.5. The van der Waals surface area contributed by atoms with Gasteiger partial charge in [-0.05, 0) is 0 Å². The summed E-state index contributed by atoms with van der Waals surface area (Å²) in [5.74, 6) is 0. The summed E-state index contributed by atoms with van der Waals surface area (Å²) in [7, 11) is 0. The van der Waals surface area contributed by atoms with Gasteiger partial charge in [0.05, 0.1) is 0 Å². The Morgan fingerprint density at radius 3 is 1.17 bits per heavy atom. The number of quaternary nitrogens is 2. The first-order chi connectivity index (χ1) is 1.73. The predicted molar refractivity (Wildman–Crippen MR) is 15.4 cm³/mol. The maximum Gasteiger partial charge on any atom is 0.286 e. The second kappa shape index (κ2) is 9.25. The minimum absolute atomic E-state index is 0. The molecular weight excluding hydrogens is 146 g/mol. The van der Waals surface area contributed by atoms with Crippen molar-refractivity contribution in [1.82, 2.24) is 0 Å². The molecule has 0 aromatic carbocycles. The molecule has 0 aromatic heterocycles. The largest absolute Gasteiger partial charge is 1.00 e. The first kappa shape index (κ1) is 15.8. The Balaban J connectivity index is -0.0000000450. The van der Waals surface area contributed by atoms with Crippen molar-refractivity contribution in [2.24, 2.45) is 0 Å². The zero-order chi connectivity index (χ0) is 3.58. The highest BCUT2D eigenvalue weighted by atomic mass is 35.5. The summed E-state index contributed by atoms with van der Waals surface area (Å²) < 4.78 is 0. The summed E-state index contributed by atoms with van der Waals surface area (Å²) in [5.41, 5.74) is 6.39. The van der Waals surface area contributed by atoms with Crippen molar-refractivity contribution in [3.8, 4) is 0 Å². The van der Waals surface area contributed by atoms with Gasteiger partial charge in [0.2, 0.25) is 0 Å². The number of rotatable bonds is 0. The summed E-state index contributed by atoms with van der Waals surface area (Å²) in [4.78, 5) is 0. The molecule has 6 heavy (non-hydrogen) atoms. The average Bonchev–Trinajstić information content (AvgIpc) is 0.811. The van der Waals surface area contributed by atoms with Crippen molar-refractivity contribution >= 4 is 11.6 Å². The molecule has 0 aliphatic rings. The minimum atomic E-state index is -0.194. The van der Waals surface area contributed by atoms with E-state index in [0.717, 1.165) is 0 Å². The molecule has 0 fully saturated rings. The number of hydrogen-bond acceptors (Lipinski definition) is 0. The highest BCUT2D eigenvalue weighted by molar-refractivity contribution is 6.17. The van der Waals surface area contributed by atoms with E-state index in [4.69, 9.17) is 11.6 Å². The van der Waals surface area contributed by atoms with E-state index in [1.54, 1.807) is 0 Å². The normalized spacial score (nSPS) is 6.00. The first-order valence-electron chi connectivity index (χ1n) is 1.03. The van der Waals surface area contributed by atoms with Crippen LogP contribution in [0.25, 0.3) is 0 Å². The fourth-order valence-corrected chi connectivity index (χ4v) is 0. The van der Waals surface area contributed by atoms with Crippen LogP contribution < -0.4 is 36.3 Å². The molecule has 0 amide bonds. The predicted octanol–water partition coefficient (Wildman–Crippen LogP) is -8.00. The van der Waals surface area contributed by atoms with E-state index in [1.807, 2.05) is 0 Å². The molecular formula is CH7Cl3N2. The minimum Gasteiger partial charge on any atom is -1.00 e. The second-order valence-corrected chi connectivity index (χ2v) is 1.21. The molecule has 0 aliphatic carbocycles. The third-order valence-electron chi connectivity index (χ3n) is 0. The summed E-state index contributed by atoms with van der Waals surface area (Å²) >= 11 is 5.05. The van der Waals surface area contributed by atoms with Crippen LogP contribution in [0, 0.1) is 0 Å². The highest BCUT2D eigenvalue weighted by Gasteiger charge is 1.80. The molecule has 5 heteroatoms. The topological polar surface area (TPSA) is 55.3 Å². The van der Waals surface area contributed by atoms with E-state index in [9.17, 15) is 0 Å². The Kier molecular flexibility index (Phi) is 24.4. The maximum atomic E-state index is 5.05. The molecule has 0 spiro atoms. The second-order valence-electron chi connectivity index (χ2n) is 0.597. The zero-order valence-corrected chi connectivity index (χ0v) is 5.39. The monoisotopic (exact) mass is 152 g/mol. The van der Waals surface area contributed by atoms with Gasteiger partial charge in [0.25, 0.3) is 5.62 Å². The Morgan fingerprint density at radius 1 is 1.17 bits per heavy atom. The van der Waals surface area contributed by atoms with Gasteiger partial charge in [0.15, 0.2) is 0 Å². The van der Waals surface area contributed by atoms with Gasteiger partial charge in [-0.15, -0.1) is 0 Å². The van der Waals surface area contributed by atoms with Gasteiger partial charge in [0.1, 0.15) is 0 Å². The average molecular weight is 153 g/mol. The van der Waals surface area contributed by atoms with Crippen LogP contribution in [0.3, 0.4) is 0 Å². The summed E-state index contributed by atoms with van der Waals surface area (Å²) in [6.45, 7) is 0. The zero-order valence-electron chi connectivity index (χ0n) is 3.13. The summed E-state index contributed by atoms with van der Waals surface area (Å²) in [6.07, 6.45) is 0. The van der Waals surface area contributed by atoms with Gasteiger partial charge in [-0.2, -0.15) is 0 Å². The quantitative estimate of drug-likeness (QED) is 0.197. The van der Waals surface area contributed by atoms with Gasteiger partial charge < -0.3 is 24.8 Å². The van der Waals surface area contributed by atoms with Crippen LogP contribution in [0.4, 0.5) is 0 Å². The highest BCUT2D eigenvalue weighted by Crippen LogP contribution is 1.54. The third-order valence-corrected chi connectivity index (χ3v) is 0. The molecule has 0 aromatic rings. The molecule has 6 N–H and O–H groups in total. The maximum absolute atomic E-state index is 5.05. The van der Waals surface area contributed by atoms with Crippen molar-refractivity contribution < 1.29 is 36.3 Å². The van der Waals surface area contributed by atoms with Crippen LogP contribution in [0.2, 0.25) is 0 Å². The van der Waals surface area contributed by atoms with E-state index in [-0.39, 0.29) is 30.4 Å². The molecule has 0 rings (SSSR count). The Labute approximate surface area is 54.0 Å². The van der Waals surface area contributed by atoms with Crippen LogP contribution in [0.15, 0.2) is 0 Å². The first-order valence-corrected chi connectivity index (χ1v) is 1.47. The fraction of sp³-hybridized carbons (Fsp3) is 1.00. The smallest absolute Gasteiger partial charge is 0.286 e. The number of alkyl halides is 1. The standard InChI is InChI=1S/CH5ClN2.2ClH/c2-1(3)4;;/h1H,3-4H2;2*1H. The van der Waals surface area contributed by atoms with E-state index < -0.39 is 0 Å². The van der Waals surface area contributed by atoms with Gasteiger partial charge in [0, 0.05) is 11.6 Å². The molecule has 0 unspecified atom stereocenters. The summed E-state index contributed by atoms with van der Waals surface area (Å²) in [6, 6.07) is 0. The molecule has 0 atom stereocenters. The lowest BCUT2D eigenvalue weighted by atomic mass is 11.2. The van der Waals surface area contributed by atoms with Gasteiger partial charge in [-0.1, -0.05) is 0 Å². The van der Waals surface area contributed by atoms with E-state index in [0.29, 0.717) is 0 Å². The van der Waals surface area contributed by atoms with Gasteiger partial charge >= 0.3 is 0 Å². The van der Waals surface area contributed by atoms with Crippen molar-refractivity contribution in [2.75, 3.05) is 0 Å². The Hall–Kier alpha value is 0.790. The van der Waals surface area contributed by atoms with Crippen molar-refractivity contribution in [1.29, 1.82) is 0 Å². The lowest BCUT2D eigenvalue weighted by Crippen LogP contribution is -3.00. The van der Waals surface area contributed by atoms with Crippen LogP contribution in [-0.2, 0) is 0 Å². The lowest BCUT2D eigenvalue weighted by molar-refractivity contribution is -0.624. The molecule has 42 valence electrons. The molecule has 0 radical (unpaired) electrons. The summed E-state index contributed by atoms with van der Waals surface area (Å²) in [5, 5.41) is 0. The molecule has 0 saturated carbocycles. The third kappa shape index (κ3) is 110.